The quantitative estimate of drug-likeness (QED) is 0.714. The maximum atomic E-state index is 12.9. The summed E-state index contributed by atoms with van der Waals surface area (Å²) in [4.78, 5) is 16.3. The first-order valence-corrected chi connectivity index (χ1v) is 7.26. The summed E-state index contributed by atoms with van der Waals surface area (Å²) in [6, 6.07) is 8.76. The molecule has 23 heavy (non-hydrogen) atoms. The molecule has 0 saturated heterocycles. The van der Waals surface area contributed by atoms with Gasteiger partial charge in [-0.25, -0.2) is 4.98 Å². The maximum absolute atomic E-state index is 12.9. The average Bonchev–Trinajstić information content (AvgIpc) is 2.92. The van der Waals surface area contributed by atoms with Crippen LogP contribution >= 0.6 is 15.9 Å². The fraction of sp³-hybridized carbons (Fsp3) is 0.0667. The monoisotopic (exact) mass is 383 g/mol. The van der Waals surface area contributed by atoms with Gasteiger partial charge < -0.3 is 9.72 Å². The third kappa shape index (κ3) is 3.21. The highest BCUT2D eigenvalue weighted by Gasteiger charge is 2.33. The van der Waals surface area contributed by atoms with Crippen molar-refractivity contribution < 1.29 is 18.0 Å². The summed E-state index contributed by atoms with van der Waals surface area (Å²) >= 11 is 2.85. The zero-order valence-electron chi connectivity index (χ0n) is 11.4. The van der Waals surface area contributed by atoms with Crippen LogP contribution in [-0.4, -0.2) is 15.3 Å². The molecule has 8 heteroatoms. The molecule has 0 aliphatic rings. The zero-order chi connectivity index (χ0) is 16.6. The number of fused-ring (bicyclic) bond motifs is 1. The number of nitrogens with zero attached hydrogens (tertiary/aromatic N) is 2. The van der Waals surface area contributed by atoms with E-state index in [1.807, 2.05) is 0 Å². The highest BCUT2D eigenvalue weighted by Crippen LogP contribution is 2.36. The number of rotatable bonds is 2. The predicted molar refractivity (Wildman–Crippen MR) is 82.3 cm³/mol. The number of alkyl halides is 3. The van der Waals surface area contributed by atoms with E-state index in [9.17, 15) is 18.0 Å². The lowest BCUT2D eigenvalue weighted by atomic mass is 10.2. The molecule has 2 heterocycles. The van der Waals surface area contributed by atoms with Crippen LogP contribution < -0.4 is 5.32 Å². The summed E-state index contributed by atoms with van der Waals surface area (Å²) in [5, 5.41) is 2.42. The van der Waals surface area contributed by atoms with Crippen LogP contribution in [-0.2, 0) is 6.18 Å². The molecular formula is C15H9BrF3N3O. The van der Waals surface area contributed by atoms with Crippen molar-refractivity contribution in [2.75, 3.05) is 5.32 Å². The SMILES string of the molecule is O=C(Nc1ccc(Br)c(C(F)(F)F)c1)c1cn2ccccc2n1. The molecule has 0 unspecified atom stereocenters. The first-order valence-electron chi connectivity index (χ1n) is 6.46. The van der Waals surface area contributed by atoms with Gasteiger partial charge >= 0.3 is 6.18 Å². The highest BCUT2D eigenvalue weighted by atomic mass is 79.9. The number of hydrogen-bond donors (Lipinski definition) is 1. The topological polar surface area (TPSA) is 46.4 Å². The molecule has 1 N–H and O–H groups in total. The number of anilines is 1. The number of aromatic nitrogens is 2. The molecule has 4 nitrogen and oxygen atoms in total. The number of halogens is 4. The van der Waals surface area contributed by atoms with Gasteiger partial charge in [-0.3, -0.25) is 4.79 Å². The molecule has 1 amide bonds. The second kappa shape index (κ2) is 5.69. The van der Waals surface area contributed by atoms with Gasteiger partial charge in [-0.15, -0.1) is 0 Å². The minimum Gasteiger partial charge on any atom is -0.321 e. The molecule has 0 radical (unpaired) electrons. The minimum absolute atomic E-state index is 0.0441. The Labute approximate surface area is 137 Å². The van der Waals surface area contributed by atoms with Gasteiger partial charge in [0.15, 0.2) is 0 Å². The Bertz CT molecular complexity index is 856. The van der Waals surface area contributed by atoms with Crippen LogP contribution in [0.3, 0.4) is 0 Å². The Balaban J connectivity index is 1.88. The Morgan fingerprint density at radius 2 is 2.00 bits per heavy atom. The number of pyridine rings is 1. The average molecular weight is 384 g/mol. The Hall–Kier alpha value is -2.35. The van der Waals surface area contributed by atoms with E-state index < -0.39 is 17.6 Å². The van der Waals surface area contributed by atoms with Crippen molar-refractivity contribution in [3.05, 3.63) is 64.5 Å². The van der Waals surface area contributed by atoms with E-state index in [2.05, 4.69) is 26.2 Å². The molecule has 0 aliphatic carbocycles. The van der Waals surface area contributed by atoms with Crippen molar-refractivity contribution in [1.29, 1.82) is 0 Å². The highest BCUT2D eigenvalue weighted by molar-refractivity contribution is 9.10. The standard InChI is InChI=1S/C15H9BrF3N3O/c16-11-5-4-9(7-10(11)15(17,18)19)20-14(23)12-8-22-6-2-1-3-13(22)21-12/h1-8H,(H,20,23). The van der Waals surface area contributed by atoms with E-state index >= 15 is 0 Å². The number of carbonyl (C=O) groups excluding carboxylic acids is 1. The van der Waals surface area contributed by atoms with Crippen LogP contribution in [0.1, 0.15) is 16.1 Å². The smallest absolute Gasteiger partial charge is 0.321 e. The van der Waals surface area contributed by atoms with Gasteiger partial charge in [0.1, 0.15) is 11.3 Å². The number of imidazole rings is 1. The van der Waals surface area contributed by atoms with Gasteiger partial charge in [-0.1, -0.05) is 22.0 Å². The van der Waals surface area contributed by atoms with Gasteiger partial charge in [-0.05, 0) is 30.3 Å². The summed E-state index contributed by atoms with van der Waals surface area (Å²) in [5.41, 5.74) is -0.120. The van der Waals surface area contributed by atoms with E-state index in [1.165, 1.54) is 18.3 Å². The van der Waals surface area contributed by atoms with Crippen LogP contribution in [0.25, 0.3) is 5.65 Å². The third-order valence-electron chi connectivity index (χ3n) is 3.13. The predicted octanol–water partition coefficient (Wildman–Crippen LogP) is 4.37. The lowest BCUT2D eigenvalue weighted by Gasteiger charge is -2.11. The molecule has 0 bridgehead atoms. The molecule has 1 aromatic carbocycles. The van der Waals surface area contributed by atoms with Crippen LogP contribution in [0.4, 0.5) is 18.9 Å². The second-order valence-electron chi connectivity index (χ2n) is 4.74. The molecule has 3 aromatic rings. The van der Waals surface area contributed by atoms with E-state index in [1.54, 1.807) is 28.8 Å². The summed E-state index contributed by atoms with van der Waals surface area (Å²) in [6.07, 6.45) is -1.28. The Kier molecular flexibility index (Phi) is 3.85. The van der Waals surface area contributed by atoms with Crippen molar-refractivity contribution >= 4 is 33.2 Å². The normalized spacial score (nSPS) is 11.7. The van der Waals surface area contributed by atoms with Crippen LogP contribution in [0.15, 0.2) is 53.3 Å². The van der Waals surface area contributed by atoms with Gasteiger partial charge in [0, 0.05) is 22.6 Å². The van der Waals surface area contributed by atoms with Crippen molar-refractivity contribution in [3.63, 3.8) is 0 Å². The van der Waals surface area contributed by atoms with Crippen molar-refractivity contribution in [3.8, 4) is 0 Å². The lowest BCUT2D eigenvalue weighted by Crippen LogP contribution is -2.14. The van der Waals surface area contributed by atoms with Gasteiger partial charge in [0.2, 0.25) is 0 Å². The molecule has 0 spiro atoms. The third-order valence-corrected chi connectivity index (χ3v) is 3.82. The first kappa shape index (κ1) is 15.5. The number of carbonyl (C=O) groups is 1. The van der Waals surface area contributed by atoms with Crippen molar-refractivity contribution in [2.24, 2.45) is 0 Å². The summed E-state index contributed by atoms with van der Waals surface area (Å²) in [7, 11) is 0. The van der Waals surface area contributed by atoms with Gasteiger partial charge in [0.05, 0.1) is 5.56 Å². The van der Waals surface area contributed by atoms with E-state index in [0.29, 0.717) is 5.65 Å². The molecule has 118 valence electrons. The lowest BCUT2D eigenvalue weighted by molar-refractivity contribution is -0.138. The molecule has 0 aliphatic heterocycles. The molecular weight excluding hydrogens is 375 g/mol. The van der Waals surface area contributed by atoms with E-state index in [-0.39, 0.29) is 15.9 Å². The molecule has 2 aromatic heterocycles. The van der Waals surface area contributed by atoms with Gasteiger partial charge in [-0.2, -0.15) is 13.2 Å². The first-order chi connectivity index (χ1) is 10.8. The van der Waals surface area contributed by atoms with Crippen LogP contribution in [0, 0.1) is 0 Å². The largest absolute Gasteiger partial charge is 0.417 e. The minimum atomic E-state index is -4.51. The van der Waals surface area contributed by atoms with E-state index in [4.69, 9.17) is 0 Å². The molecule has 0 fully saturated rings. The number of hydrogen-bond acceptors (Lipinski definition) is 2. The zero-order valence-corrected chi connectivity index (χ0v) is 13.0. The van der Waals surface area contributed by atoms with Crippen molar-refractivity contribution in [2.45, 2.75) is 6.18 Å². The Morgan fingerprint density at radius 1 is 1.22 bits per heavy atom. The fourth-order valence-electron chi connectivity index (χ4n) is 2.06. The summed E-state index contributed by atoms with van der Waals surface area (Å²) in [5.74, 6) is -0.579. The second-order valence-corrected chi connectivity index (χ2v) is 5.59. The summed E-state index contributed by atoms with van der Waals surface area (Å²) in [6.45, 7) is 0. The van der Waals surface area contributed by atoms with Crippen molar-refractivity contribution in [1.82, 2.24) is 9.38 Å². The maximum Gasteiger partial charge on any atom is 0.417 e. The van der Waals surface area contributed by atoms with Crippen LogP contribution in [0.5, 0.6) is 0 Å². The number of amides is 1. The summed E-state index contributed by atoms with van der Waals surface area (Å²) < 4.78 is 40.2. The number of nitrogens with one attached hydrogen (secondary N) is 1. The Morgan fingerprint density at radius 3 is 2.70 bits per heavy atom. The van der Waals surface area contributed by atoms with Crippen LogP contribution in [0.2, 0.25) is 0 Å². The van der Waals surface area contributed by atoms with E-state index in [0.717, 1.165) is 6.07 Å². The molecule has 0 saturated carbocycles. The fourth-order valence-corrected chi connectivity index (χ4v) is 2.53. The molecule has 3 rings (SSSR count). The number of benzene rings is 1. The van der Waals surface area contributed by atoms with Gasteiger partial charge in [0.25, 0.3) is 5.91 Å². The molecule has 0 atom stereocenters.